The quantitative estimate of drug-likeness (QED) is 0.598. The van der Waals surface area contributed by atoms with Crippen molar-refractivity contribution in [1.82, 2.24) is 5.32 Å². The molecule has 1 N–H and O–H groups in total. The third kappa shape index (κ3) is 1.00. The Balaban J connectivity index is 1.92. The van der Waals surface area contributed by atoms with Crippen LogP contribution in [0.25, 0.3) is 0 Å². The van der Waals surface area contributed by atoms with Gasteiger partial charge < -0.3 is 5.32 Å². The summed E-state index contributed by atoms with van der Waals surface area (Å²) in [6.45, 7) is 4.92. The van der Waals surface area contributed by atoms with Gasteiger partial charge in [0, 0.05) is 0 Å². The molecule has 1 nitrogen and oxygen atoms in total. The van der Waals surface area contributed by atoms with E-state index in [2.05, 4.69) is 12.2 Å². The Labute approximate surface area is 64.7 Å². The van der Waals surface area contributed by atoms with Gasteiger partial charge in [-0.2, -0.15) is 0 Å². The van der Waals surface area contributed by atoms with E-state index in [1.807, 2.05) is 0 Å². The highest BCUT2D eigenvalue weighted by molar-refractivity contribution is 7.40. The molecule has 1 heterocycles. The third-order valence-corrected chi connectivity index (χ3v) is 4.82. The molecule has 0 aromatic rings. The van der Waals surface area contributed by atoms with Crippen molar-refractivity contribution in [3.63, 3.8) is 0 Å². The zero-order chi connectivity index (χ0) is 7.03. The summed E-state index contributed by atoms with van der Waals surface area (Å²) < 4.78 is 0. The molecule has 58 valence electrons. The first-order valence-corrected chi connectivity index (χ1v) is 5.54. The summed E-state index contributed by atoms with van der Waals surface area (Å²) in [7, 11) is 1.25. The molecule has 1 aliphatic carbocycles. The fourth-order valence-corrected chi connectivity index (χ4v) is 3.99. The van der Waals surface area contributed by atoms with Gasteiger partial charge in [0.25, 0.3) is 0 Å². The minimum absolute atomic E-state index is 0.861. The molecular formula is C8H16NP. The maximum atomic E-state index is 3.46. The molecule has 2 aliphatic rings. The van der Waals surface area contributed by atoms with E-state index in [1.54, 1.807) is 0 Å². The van der Waals surface area contributed by atoms with Crippen LogP contribution in [0.5, 0.6) is 0 Å². The van der Waals surface area contributed by atoms with E-state index in [0.29, 0.717) is 0 Å². The van der Waals surface area contributed by atoms with Crippen LogP contribution in [0.1, 0.15) is 19.8 Å². The van der Waals surface area contributed by atoms with Crippen LogP contribution in [0.2, 0.25) is 0 Å². The van der Waals surface area contributed by atoms with Crippen LogP contribution >= 0.6 is 8.58 Å². The molecule has 0 amide bonds. The molecule has 0 aromatic carbocycles. The zero-order valence-corrected chi connectivity index (χ0v) is 7.61. The van der Waals surface area contributed by atoms with Gasteiger partial charge in [0.05, 0.1) is 0 Å². The van der Waals surface area contributed by atoms with Crippen molar-refractivity contribution >= 4 is 8.58 Å². The lowest BCUT2D eigenvalue weighted by molar-refractivity contribution is 0.517. The molecule has 0 aromatic heterocycles. The molecule has 0 radical (unpaired) electrons. The SMILES string of the molecule is CCPC12CCNCC1C2. The van der Waals surface area contributed by atoms with Gasteiger partial charge >= 0.3 is 0 Å². The largest absolute Gasteiger partial charge is 0.316 e. The summed E-state index contributed by atoms with van der Waals surface area (Å²) in [6.07, 6.45) is 4.41. The second kappa shape index (κ2) is 2.46. The van der Waals surface area contributed by atoms with E-state index >= 15 is 0 Å². The first-order chi connectivity index (χ1) is 4.87. The molecule has 1 saturated heterocycles. The van der Waals surface area contributed by atoms with E-state index in [4.69, 9.17) is 0 Å². The summed E-state index contributed by atoms with van der Waals surface area (Å²) in [5.74, 6) is 1.07. The maximum Gasteiger partial charge on any atom is -0.00115 e. The van der Waals surface area contributed by atoms with Crippen molar-refractivity contribution in [3.8, 4) is 0 Å². The smallest absolute Gasteiger partial charge is 0.00115 e. The predicted octanol–water partition coefficient (Wildman–Crippen LogP) is 1.44. The molecule has 2 heteroatoms. The summed E-state index contributed by atoms with van der Waals surface area (Å²) in [5, 5.41) is 4.32. The molecule has 3 unspecified atom stereocenters. The van der Waals surface area contributed by atoms with Gasteiger partial charge in [-0.25, -0.2) is 0 Å². The van der Waals surface area contributed by atoms with Crippen LogP contribution in [-0.4, -0.2) is 24.4 Å². The van der Waals surface area contributed by atoms with Crippen LogP contribution in [0.4, 0.5) is 0 Å². The number of hydrogen-bond acceptors (Lipinski definition) is 1. The lowest BCUT2D eigenvalue weighted by atomic mass is 10.2. The van der Waals surface area contributed by atoms with Crippen molar-refractivity contribution in [2.75, 3.05) is 19.3 Å². The third-order valence-electron chi connectivity index (χ3n) is 2.90. The summed E-state index contributed by atoms with van der Waals surface area (Å²) in [4.78, 5) is 0. The molecule has 10 heavy (non-hydrogen) atoms. The highest BCUT2D eigenvalue weighted by atomic mass is 31.1. The number of hydrogen-bond donors (Lipinski definition) is 1. The monoisotopic (exact) mass is 157 g/mol. The molecule has 0 spiro atoms. The average Bonchev–Trinajstić information content (AvgIpc) is 2.62. The Morgan fingerprint density at radius 3 is 3.30 bits per heavy atom. The Kier molecular flexibility index (Phi) is 1.74. The fourth-order valence-electron chi connectivity index (χ4n) is 2.20. The van der Waals surface area contributed by atoms with E-state index in [9.17, 15) is 0 Å². The van der Waals surface area contributed by atoms with Gasteiger partial charge in [-0.3, -0.25) is 0 Å². The molecular weight excluding hydrogens is 141 g/mol. The Bertz CT molecular complexity index is 133. The molecule has 0 bridgehead atoms. The van der Waals surface area contributed by atoms with E-state index < -0.39 is 0 Å². The zero-order valence-electron chi connectivity index (χ0n) is 6.61. The van der Waals surface area contributed by atoms with Crippen LogP contribution < -0.4 is 5.32 Å². The van der Waals surface area contributed by atoms with Crippen LogP contribution in [0.3, 0.4) is 0 Å². The standard InChI is InChI=1S/C8H16NP/c1-2-10-8-3-4-9-6-7(8)5-8/h7,9-10H,2-6H2,1H3. The lowest BCUT2D eigenvalue weighted by Crippen LogP contribution is -2.30. The lowest BCUT2D eigenvalue weighted by Gasteiger charge is -2.21. The summed E-state index contributed by atoms with van der Waals surface area (Å²) >= 11 is 0. The van der Waals surface area contributed by atoms with Gasteiger partial charge in [-0.1, -0.05) is 6.92 Å². The average molecular weight is 157 g/mol. The summed E-state index contributed by atoms with van der Waals surface area (Å²) in [5.41, 5.74) is 0. The number of fused-ring (bicyclic) bond motifs is 1. The van der Waals surface area contributed by atoms with Crippen molar-refractivity contribution in [2.24, 2.45) is 5.92 Å². The highest BCUT2D eigenvalue weighted by Crippen LogP contribution is 2.60. The van der Waals surface area contributed by atoms with Crippen molar-refractivity contribution in [1.29, 1.82) is 0 Å². The van der Waals surface area contributed by atoms with Gasteiger partial charge in [0.1, 0.15) is 0 Å². The van der Waals surface area contributed by atoms with Gasteiger partial charge in [-0.15, -0.1) is 8.58 Å². The minimum atomic E-state index is 0.861. The van der Waals surface area contributed by atoms with Gasteiger partial charge in [0.2, 0.25) is 0 Å². The number of rotatable bonds is 2. The number of piperidine rings is 1. The normalized spacial score (nSPS) is 45.9. The van der Waals surface area contributed by atoms with Gasteiger partial charge in [0.15, 0.2) is 0 Å². The molecule has 1 saturated carbocycles. The molecule has 2 rings (SSSR count). The van der Waals surface area contributed by atoms with Crippen molar-refractivity contribution in [3.05, 3.63) is 0 Å². The first-order valence-electron chi connectivity index (χ1n) is 4.33. The minimum Gasteiger partial charge on any atom is -0.316 e. The predicted molar refractivity (Wildman–Crippen MR) is 47.2 cm³/mol. The Morgan fingerprint density at radius 2 is 2.60 bits per heavy atom. The van der Waals surface area contributed by atoms with Crippen LogP contribution in [0, 0.1) is 5.92 Å². The first kappa shape index (κ1) is 7.06. The molecule has 1 aliphatic heterocycles. The van der Waals surface area contributed by atoms with E-state index in [-0.39, 0.29) is 0 Å². The highest BCUT2D eigenvalue weighted by Gasteiger charge is 2.53. The topological polar surface area (TPSA) is 12.0 Å². The second-order valence-electron chi connectivity index (χ2n) is 3.54. The second-order valence-corrected chi connectivity index (χ2v) is 5.60. The van der Waals surface area contributed by atoms with E-state index in [0.717, 1.165) is 11.1 Å². The van der Waals surface area contributed by atoms with E-state index in [1.165, 1.54) is 40.7 Å². The Hall–Kier alpha value is 0.390. The number of nitrogens with one attached hydrogen (secondary N) is 1. The maximum absolute atomic E-state index is 3.46. The summed E-state index contributed by atoms with van der Waals surface area (Å²) in [6, 6.07) is 0. The van der Waals surface area contributed by atoms with Crippen LogP contribution in [0.15, 0.2) is 0 Å². The van der Waals surface area contributed by atoms with Gasteiger partial charge in [-0.05, 0) is 43.2 Å². The van der Waals surface area contributed by atoms with Crippen LogP contribution in [-0.2, 0) is 0 Å². The fraction of sp³-hybridized carbons (Fsp3) is 1.00. The molecule has 3 atom stereocenters. The van der Waals surface area contributed by atoms with Crippen molar-refractivity contribution in [2.45, 2.75) is 24.9 Å². The Morgan fingerprint density at radius 1 is 1.70 bits per heavy atom. The molecule has 2 fully saturated rings. The van der Waals surface area contributed by atoms with Crippen molar-refractivity contribution < 1.29 is 0 Å².